The van der Waals surface area contributed by atoms with Gasteiger partial charge in [0.2, 0.25) is 0 Å². The van der Waals surface area contributed by atoms with Crippen molar-refractivity contribution in [2.45, 2.75) is 39.5 Å². The second-order valence-electron chi connectivity index (χ2n) is 5.00. The fraction of sp³-hybridized carbons (Fsp3) is 0.692. The summed E-state index contributed by atoms with van der Waals surface area (Å²) in [6.07, 6.45) is 5.32. The molecule has 1 saturated carbocycles. The van der Waals surface area contributed by atoms with Gasteiger partial charge in [-0.1, -0.05) is 13.3 Å². The summed E-state index contributed by atoms with van der Waals surface area (Å²) >= 11 is 0. The predicted molar refractivity (Wildman–Crippen MR) is 71.4 cm³/mol. The highest BCUT2D eigenvalue weighted by molar-refractivity contribution is 5.47. The van der Waals surface area contributed by atoms with Crippen LogP contribution in [-0.4, -0.2) is 23.6 Å². The quantitative estimate of drug-likeness (QED) is 0.822. The molecule has 1 aliphatic carbocycles. The second-order valence-corrected chi connectivity index (χ2v) is 5.00. The van der Waals surface area contributed by atoms with E-state index in [-0.39, 0.29) is 0 Å². The van der Waals surface area contributed by atoms with E-state index in [1.807, 2.05) is 20.0 Å². The highest BCUT2D eigenvalue weighted by Crippen LogP contribution is 2.43. The molecule has 0 unspecified atom stereocenters. The molecule has 2 N–H and O–H groups in total. The molecular weight excluding hydrogens is 212 g/mol. The maximum absolute atomic E-state index is 4.42. The minimum atomic E-state index is 0.513. The average molecular weight is 234 g/mol. The first-order valence-electron chi connectivity index (χ1n) is 6.45. The second kappa shape index (κ2) is 4.90. The van der Waals surface area contributed by atoms with E-state index in [4.69, 9.17) is 0 Å². The smallest absolute Gasteiger partial charge is 0.131 e. The zero-order valence-electron chi connectivity index (χ0n) is 11.0. The van der Waals surface area contributed by atoms with Gasteiger partial charge < -0.3 is 10.6 Å². The van der Waals surface area contributed by atoms with E-state index in [1.165, 1.54) is 25.7 Å². The molecule has 1 heterocycles. The first kappa shape index (κ1) is 12.1. The molecular formula is C13H22N4. The molecule has 1 aliphatic rings. The number of hydrogen-bond acceptors (Lipinski definition) is 4. The Morgan fingerprint density at radius 3 is 2.53 bits per heavy atom. The van der Waals surface area contributed by atoms with Crippen molar-refractivity contribution in [3.05, 3.63) is 11.9 Å². The third-order valence-electron chi connectivity index (χ3n) is 3.90. The van der Waals surface area contributed by atoms with Gasteiger partial charge in [0.1, 0.15) is 17.5 Å². The van der Waals surface area contributed by atoms with Crippen LogP contribution < -0.4 is 10.6 Å². The van der Waals surface area contributed by atoms with E-state index in [2.05, 4.69) is 27.5 Å². The van der Waals surface area contributed by atoms with Crippen LogP contribution in [0.1, 0.15) is 38.4 Å². The lowest BCUT2D eigenvalue weighted by Crippen LogP contribution is -2.36. The number of anilines is 2. The van der Waals surface area contributed by atoms with Gasteiger partial charge in [-0.05, 0) is 31.6 Å². The predicted octanol–water partition coefficient (Wildman–Crippen LogP) is 2.82. The molecule has 0 radical (unpaired) electrons. The molecule has 0 spiro atoms. The van der Waals surface area contributed by atoms with Crippen LogP contribution in [-0.2, 0) is 0 Å². The zero-order chi connectivity index (χ0) is 12.3. The van der Waals surface area contributed by atoms with E-state index in [9.17, 15) is 0 Å². The van der Waals surface area contributed by atoms with Gasteiger partial charge in [-0.15, -0.1) is 0 Å². The lowest BCUT2D eigenvalue weighted by molar-refractivity contribution is 0.145. The van der Waals surface area contributed by atoms with Crippen LogP contribution >= 0.6 is 0 Å². The van der Waals surface area contributed by atoms with E-state index >= 15 is 0 Å². The van der Waals surface area contributed by atoms with Crippen molar-refractivity contribution >= 4 is 11.6 Å². The maximum Gasteiger partial charge on any atom is 0.131 e. The molecule has 2 rings (SSSR count). The number of aryl methyl sites for hydroxylation is 1. The van der Waals surface area contributed by atoms with Gasteiger partial charge in [0.25, 0.3) is 0 Å². The highest BCUT2D eigenvalue weighted by atomic mass is 15.1. The standard InChI is InChI=1S/C13H22N4/c1-4-13(6-5-7-13)9-15-12-8-11(14-3)16-10(2)17-12/h8H,4-7,9H2,1-3H3,(H2,14,15,16,17). The fourth-order valence-electron chi connectivity index (χ4n) is 2.40. The SMILES string of the molecule is CCC1(CNc2cc(NC)nc(C)n2)CCC1. The summed E-state index contributed by atoms with van der Waals surface area (Å²) in [4.78, 5) is 8.70. The Bertz CT molecular complexity index is 379. The van der Waals surface area contributed by atoms with Gasteiger partial charge in [-0.3, -0.25) is 0 Å². The average Bonchev–Trinajstić information content (AvgIpc) is 2.27. The third kappa shape index (κ3) is 2.68. The molecule has 1 aromatic heterocycles. The van der Waals surface area contributed by atoms with Crippen LogP contribution in [0.15, 0.2) is 6.07 Å². The Kier molecular flexibility index (Phi) is 3.50. The molecule has 4 heteroatoms. The summed E-state index contributed by atoms with van der Waals surface area (Å²) in [6, 6.07) is 1.97. The Hall–Kier alpha value is -1.32. The summed E-state index contributed by atoms with van der Waals surface area (Å²) in [5.41, 5.74) is 0.513. The molecule has 0 bridgehead atoms. The van der Waals surface area contributed by atoms with Crippen molar-refractivity contribution in [3.63, 3.8) is 0 Å². The Morgan fingerprint density at radius 1 is 1.29 bits per heavy atom. The topological polar surface area (TPSA) is 49.8 Å². The lowest BCUT2D eigenvalue weighted by Gasteiger charge is -2.41. The van der Waals surface area contributed by atoms with E-state index < -0.39 is 0 Å². The Labute approximate surface area is 103 Å². The van der Waals surface area contributed by atoms with Crippen molar-refractivity contribution in [2.75, 3.05) is 24.2 Å². The van der Waals surface area contributed by atoms with Crippen LogP contribution in [0.2, 0.25) is 0 Å². The molecule has 0 atom stereocenters. The van der Waals surface area contributed by atoms with E-state index in [1.54, 1.807) is 0 Å². The first-order valence-corrected chi connectivity index (χ1v) is 6.45. The molecule has 0 aromatic carbocycles. The third-order valence-corrected chi connectivity index (χ3v) is 3.90. The number of aromatic nitrogens is 2. The van der Waals surface area contributed by atoms with Gasteiger partial charge in [0.05, 0.1) is 0 Å². The largest absolute Gasteiger partial charge is 0.373 e. The molecule has 17 heavy (non-hydrogen) atoms. The van der Waals surface area contributed by atoms with Gasteiger partial charge in [0.15, 0.2) is 0 Å². The van der Waals surface area contributed by atoms with Crippen LogP contribution in [0.3, 0.4) is 0 Å². The van der Waals surface area contributed by atoms with Crippen molar-refractivity contribution < 1.29 is 0 Å². The summed E-state index contributed by atoms with van der Waals surface area (Å²) in [5, 5.41) is 6.52. The number of hydrogen-bond donors (Lipinski definition) is 2. The van der Waals surface area contributed by atoms with Gasteiger partial charge in [-0.25, -0.2) is 9.97 Å². The van der Waals surface area contributed by atoms with Crippen molar-refractivity contribution in [2.24, 2.45) is 5.41 Å². The van der Waals surface area contributed by atoms with Crippen molar-refractivity contribution in [1.82, 2.24) is 9.97 Å². The normalized spacial score (nSPS) is 17.4. The number of nitrogens with one attached hydrogen (secondary N) is 2. The van der Waals surface area contributed by atoms with E-state index in [0.29, 0.717) is 5.41 Å². The summed E-state index contributed by atoms with van der Waals surface area (Å²) in [5.74, 6) is 2.61. The minimum absolute atomic E-state index is 0.513. The molecule has 0 amide bonds. The molecule has 1 aromatic rings. The monoisotopic (exact) mass is 234 g/mol. The van der Waals surface area contributed by atoms with Crippen molar-refractivity contribution in [3.8, 4) is 0 Å². The highest BCUT2D eigenvalue weighted by Gasteiger charge is 2.34. The molecule has 0 aliphatic heterocycles. The van der Waals surface area contributed by atoms with Gasteiger partial charge in [-0.2, -0.15) is 0 Å². The minimum Gasteiger partial charge on any atom is -0.373 e. The Morgan fingerprint density at radius 2 is 2.00 bits per heavy atom. The first-order chi connectivity index (χ1) is 8.17. The van der Waals surface area contributed by atoms with Crippen LogP contribution in [0, 0.1) is 12.3 Å². The molecule has 94 valence electrons. The zero-order valence-corrected chi connectivity index (χ0v) is 11.0. The molecule has 1 fully saturated rings. The van der Waals surface area contributed by atoms with Crippen LogP contribution in [0.4, 0.5) is 11.6 Å². The molecule has 0 saturated heterocycles. The van der Waals surface area contributed by atoms with E-state index in [0.717, 1.165) is 24.0 Å². The summed E-state index contributed by atoms with van der Waals surface area (Å²) in [7, 11) is 1.88. The van der Waals surface area contributed by atoms with Crippen LogP contribution in [0.25, 0.3) is 0 Å². The molecule has 4 nitrogen and oxygen atoms in total. The number of rotatable bonds is 5. The Balaban J connectivity index is 2.01. The number of nitrogens with zero attached hydrogens (tertiary/aromatic N) is 2. The fourth-order valence-corrected chi connectivity index (χ4v) is 2.40. The van der Waals surface area contributed by atoms with Crippen LogP contribution in [0.5, 0.6) is 0 Å². The summed E-state index contributed by atoms with van der Waals surface area (Å²) < 4.78 is 0. The van der Waals surface area contributed by atoms with Gasteiger partial charge >= 0.3 is 0 Å². The lowest BCUT2D eigenvalue weighted by atomic mass is 9.67. The maximum atomic E-state index is 4.42. The van der Waals surface area contributed by atoms with Crippen molar-refractivity contribution in [1.29, 1.82) is 0 Å². The summed E-state index contributed by atoms with van der Waals surface area (Å²) in [6.45, 7) is 5.24. The van der Waals surface area contributed by atoms with Gasteiger partial charge in [0, 0.05) is 19.7 Å².